The van der Waals surface area contributed by atoms with Crippen LogP contribution in [-0.4, -0.2) is 29.4 Å². The van der Waals surface area contributed by atoms with Gasteiger partial charge in [0.2, 0.25) is 5.91 Å². The Bertz CT molecular complexity index is 426. The summed E-state index contributed by atoms with van der Waals surface area (Å²) in [6.45, 7) is 9.85. The number of hydrogen-bond donors (Lipinski definition) is 2. The molecule has 1 rings (SSSR count). The van der Waals surface area contributed by atoms with E-state index in [2.05, 4.69) is 31.0 Å². The number of likely N-dealkylation sites (N-methyl/N-ethyl adjacent to an activating group) is 1. The Kier molecular flexibility index (Phi) is 7.23. The summed E-state index contributed by atoms with van der Waals surface area (Å²) in [6, 6.07) is 7.98. The fourth-order valence-electron chi connectivity index (χ4n) is 2.36. The molecule has 0 bridgehead atoms. The largest absolute Gasteiger partial charge is 0.399 e. The van der Waals surface area contributed by atoms with Crippen LogP contribution >= 0.6 is 0 Å². The molecule has 4 heteroatoms. The molecule has 1 unspecified atom stereocenters. The van der Waals surface area contributed by atoms with Gasteiger partial charge in [-0.2, -0.15) is 0 Å². The molecular formula is C17H29N3O. The molecular weight excluding hydrogens is 262 g/mol. The van der Waals surface area contributed by atoms with Crippen molar-refractivity contribution in [1.29, 1.82) is 0 Å². The first kappa shape index (κ1) is 17.5. The zero-order valence-electron chi connectivity index (χ0n) is 13.7. The van der Waals surface area contributed by atoms with Gasteiger partial charge in [-0.15, -0.1) is 0 Å². The minimum Gasteiger partial charge on any atom is -0.399 e. The van der Waals surface area contributed by atoms with Gasteiger partial charge in [-0.05, 0) is 44.0 Å². The van der Waals surface area contributed by atoms with Gasteiger partial charge in [0.1, 0.15) is 0 Å². The van der Waals surface area contributed by atoms with Crippen LogP contribution in [0.5, 0.6) is 0 Å². The Labute approximate surface area is 128 Å². The van der Waals surface area contributed by atoms with Gasteiger partial charge >= 0.3 is 0 Å². The number of nitrogen functional groups attached to an aromatic ring is 1. The Morgan fingerprint density at radius 2 is 1.76 bits per heavy atom. The van der Waals surface area contributed by atoms with Crippen LogP contribution in [0.4, 0.5) is 5.69 Å². The van der Waals surface area contributed by atoms with E-state index < -0.39 is 0 Å². The average Bonchev–Trinajstić information content (AvgIpc) is 2.51. The van der Waals surface area contributed by atoms with Crippen molar-refractivity contribution >= 4 is 11.6 Å². The number of hydrogen-bond acceptors (Lipinski definition) is 3. The highest BCUT2D eigenvalue weighted by Gasteiger charge is 2.21. The number of rotatable bonds is 8. The number of nitrogens with two attached hydrogens (primary N) is 1. The van der Waals surface area contributed by atoms with Crippen molar-refractivity contribution in [2.75, 3.05) is 12.3 Å². The monoisotopic (exact) mass is 291 g/mol. The normalized spacial score (nSPS) is 12.7. The Hall–Kier alpha value is -1.55. The summed E-state index contributed by atoms with van der Waals surface area (Å²) >= 11 is 0. The van der Waals surface area contributed by atoms with E-state index in [-0.39, 0.29) is 18.0 Å². The van der Waals surface area contributed by atoms with Crippen molar-refractivity contribution < 1.29 is 4.79 Å². The lowest BCUT2D eigenvalue weighted by Crippen LogP contribution is -2.47. The van der Waals surface area contributed by atoms with Gasteiger partial charge in [0, 0.05) is 18.3 Å². The van der Waals surface area contributed by atoms with E-state index in [1.165, 1.54) is 5.56 Å². The molecule has 1 aromatic rings. The van der Waals surface area contributed by atoms with Crippen LogP contribution in [0.3, 0.4) is 0 Å². The van der Waals surface area contributed by atoms with E-state index in [1.807, 2.05) is 31.2 Å². The molecule has 0 heterocycles. The van der Waals surface area contributed by atoms with E-state index in [0.717, 1.165) is 31.6 Å². The van der Waals surface area contributed by atoms with Crippen molar-refractivity contribution in [2.45, 2.75) is 59.2 Å². The molecule has 0 fully saturated rings. The molecule has 0 aliphatic rings. The zero-order valence-corrected chi connectivity index (χ0v) is 13.7. The average molecular weight is 291 g/mol. The third-order valence-electron chi connectivity index (χ3n) is 4.03. The first-order valence-electron chi connectivity index (χ1n) is 7.90. The van der Waals surface area contributed by atoms with E-state index in [4.69, 9.17) is 5.73 Å². The number of amides is 1. The molecule has 21 heavy (non-hydrogen) atoms. The lowest BCUT2D eigenvalue weighted by atomic mass is 10.1. The number of nitrogens with zero attached hydrogens (tertiary/aromatic N) is 1. The molecule has 0 spiro atoms. The molecule has 0 aliphatic heterocycles. The Morgan fingerprint density at radius 1 is 1.19 bits per heavy atom. The summed E-state index contributed by atoms with van der Waals surface area (Å²) in [5.74, 6) is 0.112. The second-order valence-corrected chi connectivity index (χ2v) is 5.50. The molecule has 0 saturated heterocycles. The van der Waals surface area contributed by atoms with E-state index in [0.29, 0.717) is 0 Å². The summed E-state index contributed by atoms with van der Waals surface area (Å²) in [4.78, 5) is 14.5. The van der Waals surface area contributed by atoms with Crippen molar-refractivity contribution in [3.8, 4) is 0 Å². The van der Waals surface area contributed by atoms with Crippen LogP contribution in [-0.2, 0) is 11.3 Å². The van der Waals surface area contributed by atoms with Crippen LogP contribution in [0.15, 0.2) is 24.3 Å². The summed E-state index contributed by atoms with van der Waals surface area (Å²) in [5.41, 5.74) is 7.65. The minimum absolute atomic E-state index is 0.112. The first-order valence-corrected chi connectivity index (χ1v) is 7.90. The lowest BCUT2D eigenvalue weighted by Gasteiger charge is -2.28. The van der Waals surface area contributed by atoms with Crippen LogP contribution < -0.4 is 11.1 Å². The molecule has 3 N–H and O–H groups in total. The summed E-state index contributed by atoms with van der Waals surface area (Å²) in [6.07, 6.45) is 1.94. The summed E-state index contributed by atoms with van der Waals surface area (Å²) < 4.78 is 0. The van der Waals surface area contributed by atoms with Crippen LogP contribution in [0.1, 0.15) is 46.1 Å². The molecule has 0 aromatic heterocycles. The highest BCUT2D eigenvalue weighted by Crippen LogP contribution is 2.11. The molecule has 1 amide bonds. The second-order valence-electron chi connectivity index (χ2n) is 5.50. The highest BCUT2D eigenvalue weighted by molar-refractivity contribution is 5.81. The van der Waals surface area contributed by atoms with E-state index in [1.54, 1.807) is 0 Å². The fourth-order valence-corrected chi connectivity index (χ4v) is 2.36. The number of benzene rings is 1. The van der Waals surface area contributed by atoms with Crippen LogP contribution in [0.25, 0.3) is 0 Å². The van der Waals surface area contributed by atoms with E-state index in [9.17, 15) is 4.79 Å². The predicted molar refractivity (Wildman–Crippen MR) is 88.9 cm³/mol. The van der Waals surface area contributed by atoms with Crippen LogP contribution in [0.2, 0.25) is 0 Å². The van der Waals surface area contributed by atoms with Crippen LogP contribution in [0, 0.1) is 0 Å². The van der Waals surface area contributed by atoms with Crippen molar-refractivity contribution in [2.24, 2.45) is 0 Å². The minimum atomic E-state index is -0.131. The number of carbonyl (C=O) groups is 1. The molecule has 118 valence electrons. The third-order valence-corrected chi connectivity index (χ3v) is 4.03. The maximum absolute atomic E-state index is 12.3. The Morgan fingerprint density at radius 3 is 2.24 bits per heavy atom. The van der Waals surface area contributed by atoms with Crippen molar-refractivity contribution in [1.82, 2.24) is 10.2 Å². The topological polar surface area (TPSA) is 58.4 Å². The van der Waals surface area contributed by atoms with Gasteiger partial charge in [0.25, 0.3) is 0 Å². The maximum Gasteiger partial charge on any atom is 0.237 e. The van der Waals surface area contributed by atoms with Gasteiger partial charge in [-0.1, -0.05) is 32.9 Å². The molecule has 1 atom stereocenters. The molecule has 0 radical (unpaired) electrons. The van der Waals surface area contributed by atoms with Gasteiger partial charge in [-0.25, -0.2) is 0 Å². The van der Waals surface area contributed by atoms with Crippen molar-refractivity contribution in [3.05, 3.63) is 29.8 Å². The lowest BCUT2D eigenvalue weighted by molar-refractivity contribution is -0.126. The fraction of sp³-hybridized carbons (Fsp3) is 0.588. The molecule has 1 aromatic carbocycles. The van der Waals surface area contributed by atoms with Gasteiger partial charge < -0.3 is 11.1 Å². The number of carbonyl (C=O) groups excluding carboxylic acids is 1. The van der Waals surface area contributed by atoms with Gasteiger partial charge in [-0.3, -0.25) is 9.69 Å². The number of nitrogens with one attached hydrogen (secondary N) is 1. The maximum atomic E-state index is 12.3. The summed E-state index contributed by atoms with van der Waals surface area (Å²) in [7, 11) is 0. The third kappa shape index (κ3) is 5.38. The molecule has 0 saturated carbocycles. The molecule has 0 aliphatic carbocycles. The molecule has 4 nitrogen and oxygen atoms in total. The standard InChI is InChI=1S/C17H29N3O/c1-5-16(6-2)19-17(21)13(4)20(7-3)12-14-8-10-15(18)11-9-14/h8-11,13,16H,5-7,12,18H2,1-4H3,(H,19,21). The van der Waals surface area contributed by atoms with Gasteiger partial charge in [0.05, 0.1) is 6.04 Å². The van der Waals surface area contributed by atoms with E-state index >= 15 is 0 Å². The zero-order chi connectivity index (χ0) is 15.8. The second kappa shape index (κ2) is 8.67. The first-order chi connectivity index (χ1) is 10.0. The number of anilines is 1. The summed E-state index contributed by atoms with van der Waals surface area (Å²) in [5, 5.41) is 3.13. The van der Waals surface area contributed by atoms with Gasteiger partial charge in [0.15, 0.2) is 0 Å². The highest BCUT2D eigenvalue weighted by atomic mass is 16.2. The quantitative estimate of drug-likeness (QED) is 0.724. The Balaban J connectivity index is 2.65. The van der Waals surface area contributed by atoms with Crippen molar-refractivity contribution in [3.63, 3.8) is 0 Å². The predicted octanol–water partition coefficient (Wildman–Crippen LogP) is 2.78. The SMILES string of the molecule is CCC(CC)NC(=O)C(C)N(CC)Cc1ccc(N)cc1. The smallest absolute Gasteiger partial charge is 0.237 e.